The molecule has 3 rings (SSSR count). The summed E-state index contributed by atoms with van der Waals surface area (Å²) >= 11 is 0. The summed E-state index contributed by atoms with van der Waals surface area (Å²) in [4.78, 5) is 2.27. The maximum absolute atomic E-state index is 5.39. The number of aromatic nitrogens is 4. The molecule has 0 aliphatic heterocycles. The highest BCUT2D eigenvalue weighted by atomic mass is 16.5. The first-order valence-electron chi connectivity index (χ1n) is 8.51. The van der Waals surface area contributed by atoms with Gasteiger partial charge in [0.15, 0.2) is 17.3 Å². The largest absolute Gasteiger partial charge is 0.493 e. The van der Waals surface area contributed by atoms with Crippen LogP contribution in [0.3, 0.4) is 0 Å². The lowest BCUT2D eigenvalue weighted by Gasteiger charge is -2.20. The first kappa shape index (κ1) is 17.9. The number of hydrogen-bond acceptors (Lipinski definition) is 6. The highest BCUT2D eigenvalue weighted by Crippen LogP contribution is 2.28. The zero-order valence-electron chi connectivity index (χ0n) is 15.3. The average Bonchev–Trinajstić information content (AvgIpc) is 3.16. The summed E-state index contributed by atoms with van der Waals surface area (Å²) in [7, 11) is 3.28. The van der Waals surface area contributed by atoms with Gasteiger partial charge in [0.1, 0.15) is 0 Å². The second kappa shape index (κ2) is 8.44. The van der Waals surface area contributed by atoms with Gasteiger partial charge in [-0.05, 0) is 46.8 Å². The predicted octanol–water partition coefficient (Wildman–Crippen LogP) is 2.70. The van der Waals surface area contributed by atoms with E-state index in [0.29, 0.717) is 6.54 Å². The molecule has 0 saturated carbocycles. The van der Waals surface area contributed by atoms with E-state index < -0.39 is 0 Å². The Hall–Kier alpha value is -2.93. The van der Waals surface area contributed by atoms with Crippen molar-refractivity contribution in [2.24, 2.45) is 0 Å². The molecule has 0 spiro atoms. The lowest BCUT2D eigenvalue weighted by Crippen LogP contribution is -2.24. The smallest absolute Gasteiger partial charge is 0.170 e. The third kappa shape index (κ3) is 4.00. The van der Waals surface area contributed by atoms with E-state index in [1.165, 1.54) is 0 Å². The number of nitrogens with zero attached hydrogens (tertiary/aromatic N) is 5. The van der Waals surface area contributed by atoms with Crippen LogP contribution in [0.25, 0.3) is 5.69 Å². The van der Waals surface area contributed by atoms with Crippen molar-refractivity contribution in [2.75, 3.05) is 20.8 Å². The van der Waals surface area contributed by atoms with Crippen molar-refractivity contribution in [1.29, 1.82) is 0 Å². The molecule has 0 unspecified atom stereocenters. The van der Waals surface area contributed by atoms with Crippen LogP contribution in [-0.4, -0.2) is 45.9 Å². The van der Waals surface area contributed by atoms with Crippen molar-refractivity contribution >= 4 is 0 Å². The molecule has 0 bridgehead atoms. The van der Waals surface area contributed by atoms with Crippen molar-refractivity contribution in [3.05, 3.63) is 59.9 Å². The fourth-order valence-electron chi connectivity index (χ4n) is 2.79. The minimum atomic E-state index is 0.646. The average molecular weight is 353 g/mol. The second-order valence-corrected chi connectivity index (χ2v) is 5.84. The van der Waals surface area contributed by atoms with E-state index in [0.717, 1.165) is 41.7 Å². The lowest BCUT2D eigenvalue weighted by molar-refractivity contribution is 0.261. The SMILES string of the molecule is CCN(Cc1ccc(OC)c(OC)c1)Cc1nnnn1-c1ccccc1. The normalized spacial score (nSPS) is 10.9. The molecule has 7 nitrogen and oxygen atoms in total. The molecule has 0 amide bonds. The minimum Gasteiger partial charge on any atom is -0.493 e. The first-order chi connectivity index (χ1) is 12.7. The molecule has 26 heavy (non-hydrogen) atoms. The van der Waals surface area contributed by atoms with Crippen LogP contribution in [0.4, 0.5) is 0 Å². The van der Waals surface area contributed by atoms with Gasteiger partial charge in [-0.1, -0.05) is 31.2 Å². The number of para-hydroxylation sites is 1. The van der Waals surface area contributed by atoms with Crippen LogP contribution in [0.1, 0.15) is 18.3 Å². The Bertz CT molecular complexity index is 835. The molecule has 0 atom stereocenters. The standard InChI is InChI=1S/C19H23N5O2/c1-4-23(13-15-10-11-17(25-2)18(12-15)26-3)14-19-20-21-22-24(19)16-8-6-5-7-9-16/h5-12H,4,13-14H2,1-3H3. The summed E-state index contributed by atoms with van der Waals surface area (Å²) in [5.74, 6) is 2.26. The molecule has 0 radical (unpaired) electrons. The van der Waals surface area contributed by atoms with Gasteiger partial charge in [0.05, 0.1) is 26.5 Å². The van der Waals surface area contributed by atoms with E-state index in [9.17, 15) is 0 Å². The number of tetrazole rings is 1. The second-order valence-electron chi connectivity index (χ2n) is 5.84. The summed E-state index contributed by atoms with van der Waals surface area (Å²) < 4.78 is 12.5. The van der Waals surface area contributed by atoms with E-state index >= 15 is 0 Å². The van der Waals surface area contributed by atoms with Crippen LogP contribution in [-0.2, 0) is 13.1 Å². The molecule has 0 aliphatic rings. The van der Waals surface area contributed by atoms with E-state index in [2.05, 4.69) is 27.3 Å². The number of rotatable bonds is 8. The molecule has 1 heterocycles. The van der Waals surface area contributed by atoms with E-state index in [1.807, 2.05) is 48.5 Å². The fourth-order valence-corrected chi connectivity index (χ4v) is 2.79. The topological polar surface area (TPSA) is 65.3 Å². The van der Waals surface area contributed by atoms with Gasteiger partial charge in [0.25, 0.3) is 0 Å². The summed E-state index contributed by atoms with van der Waals surface area (Å²) in [5.41, 5.74) is 2.10. The Morgan fingerprint density at radius 2 is 1.73 bits per heavy atom. The monoisotopic (exact) mass is 353 g/mol. The molecule has 1 aromatic heterocycles. The van der Waals surface area contributed by atoms with Gasteiger partial charge in [-0.3, -0.25) is 4.90 Å². The molecule has 136 valence electrons. The van der Waals surface area contributed by atoms with Gasteiger partial charge in [-0.25, -0.2) is 0 Å². The summed E-state index contributed by atoms with van der Waals surface area (Å²) in [6, 6.07) is 15.9. The molecule has 0 aliphatic carbocycles. The minimum absolute atomic E-state index is 0.646. The van der Waals surface area contributed by atoms with Crippen LogP contribution in [0.2, 0.25) is 0 Å². The zero-order valence-corrected chi connectivity index (χ0v) is 15.3. The Morgan fingerprint density at radius 3 is 2.42 bits per heavy atom. The molecular formula is C19H23N5O2. The third-order valence-corrected chi connectivity index (χ3v) is 4.20. The van der Waals surface area contributed by atoms with Crippen LogP contribution in [0.5, 0.6) is 11.5 Å². The van der Waals surface area contributed by atoms with Gasteiger partial charge < -0.3 is 9.47 Å². The molecule has 7 heteroatoms. The van der Waals surface area contributed by atoms with E-state index in [1.54, 1.807) is 18.9 Å². The molecule has 0 N–H and O–H groups in total. The number of methoxy groups -OCH3 is 2. The summed E-state index contributed by atoms with van der Waals surface area (Å²) in [5, 5.41) is 12.2. The summed E-state index contributed by atoms with van der Waals surface area (Å²) in [6.45, 7) is 4.40. The Kier molecular flexibility index (Phi) is 5.80. The van der Waals surface area contributed by atoms with Crippen molar-refractivity contribution in [1.82, 2.24) is 25.1 Å². The zero-order chi connectivity index (χ0) is 18.4. The maximum atomic E-state index is 5.39. The highest BCUT2D eigenvalue weighted by molar-refractivity contribution is 5.42. The number of hydrogen-bond donors (Lipinski definition) is 0. The Labute approximate surface area is 153 Å². The van der Waals surface area contributed by atoms with Crippen LogP contribution < -0.4 is 9.47 Å². The van der Waals surface area contributed by atoms with Crippen LogP contribution >= 0.6 is 0 Å². The van der Waals surface area contributed by atoms with Gasteiger partial charge in [0.2, 0.25) is 0 Å². The fraction of sp³-hybridized carbons (Fsp3) is 0.316. The van der Waals surface area contributed by atoms with Crippen LogP contribution in [0.15, 0.2) is 48.5 Å². The Morgan fingerprint density at radius 1 is 0.962 bits per heavy atom. The first-order valence-corrected chi connectivity index (χ1v) is 8.51. The predicted molar refractivity (Wildman–Crippen MR) is 98.5 cm³/mol. The van der Waals surface area contributed by atoms with Crippen molar-refractivity contribution < 1.29 is 9.47 Å². The number of benzene rings is 2. The van der Waals surface area contributed by atoms with Gasteiger partial charge >= 0.3 is 0 Å². The van der Waals surface area contributed by atoms with Crippen molar-refractivity contribution in [3.8, 4) is 17.2 Å². The number of ether oxygens (including phenoxy) is 2. The third-order valence-electron chi connectivity index (χ3n) is 4.20. The van der Waals surface area contributed by atoms with Crippen LogP contribution in [0, 0.1) is 0 Å². The van der Waals surface area contributed by atoms with E-state index in [4.69, 9.17) is 9.47 Å². The lowest BCUT2D eigenvalue weighted by atomic mass is 10.2. The molecule has 2 aromatic carbocycles. The van der Waals surface area contributed by atoms with E-state index in [-0.39, 0.29) is 0 Å². The van der Waals surface area contributed by atoms with Crippen molar-refractivity contribution in [2.45, 2.75) is 20.0 Å². The van der Waals surface area contributed by atoms with Crippen molar-refractivity contribution in [3.63, 3.8) is 0 Å². The van der Waals surface area contributed by atoms with Gasteiger partial charge in [-0.2, -0.15) is 4.68 Å². The quantitative estimate of drug-likeness (QED) is 0.620. The summed E-state index contributed by atoms with van der Waals surface area (Å²) in [6.07, 6.45) is 0. The highest BCUT2D eigenvalue weighted by Gasteiger charge is 2.14. The maximum Gasteiger partial charge on any atom is 0.170 e. The molecule has 0 fully saturated rings. The Balaban J connectivity index is 1.76. The molecule has 0 saturated heterocycles. The van der Waals surface area contributed by atoms with Gasteiger partial charge in [-0.15, -0.1) is 5.10 Å². The van der Waals surface area contributed by atoms with Gasteiger partial charge in [0, 0.05) is 6.54 Å². The molecular weight excluding hydrogens is 330 g/mol. The molecule has 3 aromatic rings.